The van der Waals surface area contributed by atoms with Crippen LogP contribution in [-0.2, 0) is 0 Å². The largest absolute Gasteiger partial charge is 1.00 e. The molecule has 0 aromatic heterocycles. The van der Waals surface area contributed by atoms with E-state index in [1.807, 2.05) is 0 Å². The zero-order chi connectivity index (χ0) is 0. The molecule has 0 heterocycles. The molecule has 0 unspecified atom stereocenters. The van der Waals surface area contributed by atoms with Crippen molar-refractivity contribution in [1.82, 2.24) is 0 Å². The van der Waals surface area contributed by atoms with E-state index in [1.54, 1.807) is 0 Å². The predicted molar refractivity (Wildman–Crippen MR) is 36.7 cm³/mol. The molecule has 0 atom stereocenters. The van der Waals surface area contributed by atoms with Crippen LogP contribution < -0.4 is 1700 Å². The van der Waals surface area contributed by atoms with Crippen LogP contribution in [0.25, 0.3) is 0 Å². The molecule has 0 saturated heterocycles. The normalized spacial score (nSPS) is 0. The summed E-state index contributed by atoms with van der Waals surface area (Å²) in [4.78, 5) is 0. The van der Waals surface area contributed by atoms with Gasteiger partial charge in [-0.2, -0.15) is 0 Å². The summed E-state index contributed by atoms with van der Waals surface area (Å²) in [6, 6.07) is 0. The third kappa shape index (κ3) is 208. The summed E-state index contributed by atoms with van der Waals surface area (Å²) in [7, 11) is 0. The van der Waals surface area contributed by atoms with Crippen LogP contribution in [0, 0.1) is 0 Å². The van der Waals surface area contributed by atoms with Gasteiger partial charge in [-0.3, -0.25) is 0 Å². The Morgan fingerprint density at radius 3 is 0.0606 bits per heavy atom. The Hall–Kier alpha value is 54.0. The summed E-state index contributed by atoms with van der Waals surface area (Å²) in [5, 5.41) is 0. The van der Waals surface area contributed by atoms with Crippen molar-refractivity contribution < 1.29 is 1740 Å². The van der Waals surface area contributed by atoms with Crippen molar-refractivity contribution in [1.29, 1.82) is 0 Å². The fraction of sp³-hybridized carbons (Fsp3) is 0. The van der Waals surface area contributed by atoms with E-state index in [4.69, 9.17) is 0 Å². The van der Waals surface area contributed by atoms with Gasteiger partial charge in [-0.1, -0.05) is 0 Å². The summed E-state index contributed by atoms with van der Waals surface area (Å²) in [5.74, 6) is 0. The van der Waals surface area contributed by atoms with Gasteiger partial charge in [0, 0.05) is 0 Å². The Bertz CT molecular complexity index is 66.0. The van der Waals surface area contributed by atoms with Crippen LogP contribution >= 0.6 is 0 Å². The summed E-state index contributed by atoms with van der Waals surface area (Å²) in [6.45, 7) is 0. The zero-order valence-corrected chi connectivity index (χ0v) is 136. The maximum atomic E-state index is 0. The van der Waals surface area contributed by atoms with Crippen molar-refractivity contribution in [3.8, 4) is 0 Å². The van der Waals surface area contributed by atoms with Gasteiger partial charge in [-0.25, -0.2) is 0 Å². The third-order valence-electron chi connectivity index (χ3n) is 0. The van der Waals surface area contributed by atoms with Gasteiger partial charge in [0.1, 0.15) is 0 Å². The van der Waals surface area contributed by atoms with Crippen LogP contribution in [0.1, 0.15) is 47.1 Å². The minimum absolute atomic E-state index is 0. The first-order valence-corrected chi connectivity index (χ1v) is 0. The molecule has 0 spiro atoms. The molecule has 33 heavy (non-hydrogen) atoms. The molecular weight excluding hydrogens is 1290 g/mol. The van der Waals surface area contributed by atoms with E-state index in [0.717, 1.165) is 0 Å². The van der Waals surface area contributed by atoms with Crippen LogP contribution in [0.3, 0.4) is 0 Å². The molecule has 0 rings (SSSR count). The van der Waals surface area contributed by atoms with Crippen LogP contribution in [0.15, 0.2) is 0 Å². The van der Waals surface area contributed by atoms with Crippen LogP contribution in [0.5, 0.6) is 0 Å². The van der Waals surface area contributed by atoms with Gasteiger partial charge < -0.3 is 47.1 Å². The Morgan fingerprint density at radius 2 is 0.0606 bits per heavy atom. The first kappa shape index (κ1) is 221. The van der Waals surface area contributed by atoms with E-state index < -0.39 is 0 Å². The smallest absolute Gasteiger partial charge is 1.00 e. The third-order valence-corrected chi connectivity index (χ3v) is 0. The maximum Gasteiger partial charge on any atom is 1.00 e. The van der Waals surface area contributed by atoms with Gasteiger partial charge in [0.15, 0.2) is 0 Å². The SMILES string of the molecule is [H-].[H-].[H-].[H-].[H-].[H-].[H-].[H-].[H-].[H-].[H-].[H-].[H-].[H-].[H-].[H-].[H-].[H-].[H-].[H-].[H-].[H-].[H-].[H-].[H-].[H-].[H-].[H-].[H-].[H-].[H-].[H-].[H-].[K+].[K+].[K+].[K+].[K+].[K+].[K+].[K+].[K+].[K+].[K+].[K+].[K+].[K+].[K+].[K+].[K+].[K+].[K+].[K+].[K+].[K+].[K+].[K+].[K+].[K+].[K+].[K+].[K+].[K+].[K+].[K+].[K+]. The minimum atomic E-state index is 0. The van der Waals surface area contributed by atoms with Gasteiger partial charge in [-0.15, -0.1) is 0 Å². The minimum Gasteiger partial charge on any atom is -1.00 e. The van der Waals surface area contributed by atoms with Crippen molar-refractivity contribution in [2.24, 2.45) is 0 Å². The average molecular weight is 1320 g/mol. The van der Waals surface area contributed by atoms with Gasteiger partial charge in [0.05, 0.1) is 0 Å². The molecule has 0 aromatic rings. The Kier molecular flexibility index (Phi) is 1420. The fourth-order valence-corrected chi connectivity index (χ4v) is 0. The molecule has 66 valence electrons. The quantitative estimate of drug-likeness (QED) is 0.212. The maximum absolute atomic E-state index is 0. The van der Waals surface area contributed by atoms with Crippen LogP contribution in [0.4, 0.5) is 0 Å². The second-order valence-corrected chi connectivity index (χ2v) is 0. The Labute approximate surface area is 1660 Å². The molecule has 0 aliphatic carbocycles. The van der Waals surface area contributed by atoms with E-state index in [9.17, 15) is 0 Å². The average Bonchev–Trinajstić information content (AvgIpc) is 0. The van der Waals surface area contributed by atoms with E-state index in [0.29, 0.717) is 0 Å². The molecular formula is H33K33. The Balaban J connectivity index is 0. The predicted octanol–water partition coefficient (Wildman–Crippen LogP) is -95.2. The molecule has 0 fully saturated rings. The molecule has 33 heteroatoms. The first-order chi connectivity index (χ1) is 0. The monoisotopic (exact) mass is 1320 g/mol. The van der Waals surface area contributed by atoms with Gasteiger partial charge in [-0.05, 0) is 0 Å². The summed E-state index contributed by atoms with van der Waals surface area (Å²) in [6.07, 6.45) is 0. The van der Waals surface area contributed by atoms with Crippen molar-refractivity contribution in [3.05, 3.63) is 0 Å². The molecule has 0 saturated carbocycles. The number of hydrogen-bond donors (Lipinski definition) is 0. The van der Waals surface area contributed by atoms with E-state index >= 15 is 0 Å². The van der Waals surface area contributed by atoms with Gasteiger partial charge in [0.25, 0.3) is 0 Å². The van der Waals surface area contributed by atoms with Gasteiger partial charge >= 0.3 is 1700 Å². The molecule has 0 radical (unpaired) electrons. The topological polar surface area (TPSA) is 0 Å². The molecule has 0 amide bonds. The molecule has 0 bridgehead atoms. The molecule has 0 N–H and O–H groups in total. The molecule has 0 aromatic carbocycles. The van der Waals surface area contributed by atoms with E-state index in [2.05, 4.69) is 0 Å². The van der Waals surface area contributed by atoms with E-state index in [1.165, 1.54) is 0 Å². The van der Waals surface area contributed by atoms with Crippen molar-refractivity contribution in [2.45, 2.75) is 0 Å². The Morgan fingerprint density at radius 1 is 0.0606 bits per heavy atom. The second-order valence-electron chi connectivity index (χ2n) is 0. The van der Waals surface area contributed by atoms with Crippen molar-refractivity contribution >= 4 is 0 Å². The van der Waals surface area contributed by atoms with Crippen molar-refractivity contribution in [3.63, 3.8) is 0 Å². The fourth-order valence-electron chi connectivity index (χ4n) is 0. The van der Waals surface area contributed by atoms with Crippen LogP contribution in [0.2, 0.25) is 0 Å². The second kappa shape index (κ2) is 213. The molecule has 0 aliphatic heterocycles. The number of hydrogen-bond acceptors (Lipinski definition) is 0. The van der Waals surface area contributed by atoms with E-state index in [-0.39, 0.29) is 1740 Å². The molecule has 0 aliphatic rings. The van der Waals surface area contributed by atoms with Gasteiger partial charge in [0.2, 0.25) is 0 Å². The summed E-state index contributed by atoms with van der Waals surface area (Å²) >= 11 is 0. The zero-order valence-electron chi connectivity index (χ0n) is 66.0. The summed E-state index contributed by atoms with van der Waals surface area (Å²) in [5.41, 5.74) is 0. The molecule has 0 nitrogen and oxygen atoms in total. The first-order valence-electron chi connectivity index (χ1n) is 0. The number of rotatable bonds is 0. The van der Waals surface area contributed by atoms with Crippen LogP contribution in [-0.4, -0.2) is 0 Å². The summed E-state index contributed by atoms with van der Waals surface area (Å²) < 4.78 is 0. The van der Waals surface area contributed by atoms with Crippen molar-refractivity contribution in [2.75, 3.05) is 0 Å². The standard InChI is InChI=1S/33K.33H/q33*+1;33*-1.